The van der Waals surface area contributed by atoms with Crippen molar-refractivity contribution < 1.29 is 14.3 Å². The largest absolute Gasteiger partial charge is 0.491 e. The minimum atomic E-state index is -0.135. The van der Waals surface area contributed by atoms with Gasteiger partial charge in [-0.25, -0.2) is 0 Å². The molecule has 1 heterocycles. The molecule has 5 nitrogen and oxygen atoms in total. The molecule has 0 radical (unpaired) electrons. The summed E-state index contributed by atoms with van der Waals surface area (Å²) in [7, 11) is 0. The molecule has 1 amide bonds. The monoisotopic (exact) mass is 306 g/mol. The second-order valence-electron chi connectivity index (χ2n) is 5.66. The third kappa shape index (κ3) is 5.31. The van der Waals surface area contributed by atoms with Crippen LogP contribution in [0.2, 0.25) is 0 Å². The lowest BCUT2D eigenvalue weighted by atomic mass is 10.1. The SMILES string of the molecule is CCCOc1cc(C)ccc1NC(=O)COC1CCNCC1. The van der Waals surface area contributed by atoms with E-state index in [9.17, 15) is 4.79 Å². The second-order valence-corrected chi connectivity index (χ2v) is 5.66. The Labute approximate surface area is 132 Å². The molecule has 2 N–H and O–H groups in total. The lowest BCUT2D eigenvalue weighted by Gasteiger charge is -2.22. The molecular formula is C17H26N2O3. The normalized spacial score (nSPS) is 15.5. The van der Waals surface area contributed by atoms with Gasteiger partial charge >= 0.3 is 0 Å². The van der Waals surface area contributed by atoms with Gasteiger partial charge in [-0.3, -0.25) is 4.79 Å². The van der Waals surface area contributed by atoms with E-state index in [1.807, 2.05) is 25.1 Å². The quantitative estimate of drug-likeness (QED) is 0.812. The number of carbonyl (C=O) groups is 1. The van der Waals surface area contributed by atoms with Crippen molar-refractivity contribution in [3.8, 4) is 5.75 Å². The summed E-state index contributed by atoms with van der Waals surface area (Å²) >= 11 is 0. The van der Waals surface area contributed by atoms with Crippen LogP contribution in [0.3, 0.4) is 0 Å². The van der Waals surface area contributed by atoms with Crippen LogP contribution in [-0.4, -0.2) is 38.3 Å². The summed E-state index contributed by atoms with van der Waals surface area (Å²) in [6.45, 7) is 6.70. The molecule has 1 fully saturated rings. The zero-order valence-corrected chi connectivity index (χ0v) is 13.5. The Balaban J connectivity index is 1.87. The van der Waals surface area contributed by atoms with Crippen LogP contribution >= 0.6 is 0 Å². The van der Waals surface area contributed by atoms with Crippen LogP contribution in [0.25, 0.3) is 0 Å². The van der Waals surface area contributed by atoms with Crippen molar-refractivity contribution in [1.29, 1.82) is 0 Å². The number of amides is 1. The Bertz CT molecular complexity index is 485. The number of nitrogens with one attached hydrogen (secondary N) is 2. The molecule has 0 bridgehead atoms. The number of ether oxygens (including phenoxy) is 2. The van der Waals surface area contributed by atoms with Gasteiger partial charge in [0, 0.05) is 0 Å². The number of aryl methyl sites for hydroxylation is 1. The van der Waals surface area contributed by atoms with Crippen LogP contribution < -0.4 is 15.4 Å². The first-order valence-electron chi connectivity index (χ1n) is 8.04. The summed E-state index contributed by atoms with van der Waals surface area (Å²) in [6, 6.07) is 5.78. The van der Waals surface area contributed by atoms with Crippen molar-refractivity contribution in [3.05, 3.63) is 23.8 Å². The fourth-order valence-corrected chi connectivity index (χ4v) is 2.41. The van der Waals surface area contributed by atoms with E-state index in [2.05, 4.69) is 17.6 Å². The molecule has 0 spiro atoms. The molecule has 1 aliphatic heterocycles. The Morgan fingerprint density at radius 3 is 2.86 bits per heavy atom. The minimum absolute atomic E-state index is 0.0890. The molecule has 122 valence electrons. The lowest BCUT2D eigenvalue weighted by Crippen LogP contribution is -2.34. The lowest BCUT2D eigenvalue weighted by molar-refractivity contribution is -0.123. The smallest absolute Gasteiger partial charge is 0.250 e. The highest BCUT2D eigenvalue weighted by Crippen LogP contribution is 2.26. The average Bonchev–Trinajstić information content (AvgIpc) is 2.54. The van der Waals surface area contributed by atoms with Gasteiger partial charge in [0.1, 0.15) is 12.4 Å². The number of piperidine rings is 1. The molecule has 2 rings (SSSR count). The van der Waals surface area contributed by atoms with E-state index in [0.717, 1.165) is 43.7 Å². The van der Waals surface area contributed by atoms with Gasteiger partial charge < -0.3 is 20.1 Å². The predicted molar refractivity (Wildman–Crippen MR) is 87.4 cm³/mol. The van der Waals surface area contributed by atoms with Crippen molar-refractivity contribution in [3.63, 3.8) is 0 Å². The van der Waals surface area contributed by atoms with Crippen LogP contribution in [0.4, 0.5) is 5.69 Å². The maximum atomic E-state index is 12.1. The third-order valence-electron chi connectivity index (χ3n) is 3.61. The number of anilines is 1. The highest BCUT2D eigenvalue weighted by atomic mass is 16.5. The average molecular weight is 306 g/mol. The summed E-state index contributed by atoms with van der Waals surface area (Å²) in [5.41, 5.74) is 1.81. The van der Waals surface area contributed by atoms with E-state index < -0.39 is 0 Å². The molecule has 0 aromatic heterocycles. The standard InChI is InChI=1S/C17H26N2O3/c1-3-10-21-16-11-13(2)4-5-15(16)19-17(20)12-22-14-6-8-18-9-7-14/h4-5,11,14,18H,3,6-10,12H2,1-2H3,(H,19,20). The Hall–Kier alpha value is -1.59. The maximum absolute atomic E-state index is 12.1. The van der Waals surface area contributed by atoms with Crippen LogP contribution in [0.15, 0.2) is 18.2 Å². The maximum Gasteiger partial charge on any atom is 0.250 e. The van der Waals surface area contributed by atoms with Gasteiger partial charge in [0.15, 0.2) is 0 Å². The number of hydrogen-bond acceptors (Lipinski definition) is 4. The fourth-order valence-electron chi connectivity index (χ4n) is 2.41. The van der Waals surface area contributed by atoms with Crippen molar-refractivity contribution in [2.24, 2.45) is 0 Å². The van der Waals surface area contributed by atoms with Gasteiger partial charge in [-0.15, -0.1) is 0 Å². The van der Waals surface area contributed by atoms with Crippen molar-refractivity contribution >= 4 is 11.6 Å². The van der Waals surface area contributed by atoms with E-state index in [4.69, 9.17) is 9.47 Å². The van der Waals surface area contributed by atoms with E-state index in [1.165, 1.54) is 0 Å². The van der Waals surface area contributed by atoms with Gasteiger partial charge in [-0.2, -0.15) is 0 Å². The Morgan fingerprint density at radius 1 is 1.36 bits per heavy atom. The molecule has 0 atom stereocenters. The Morgan fingerprint density at radius 2 is 2.14 bits per heavy atom. The van der Waals surface area contributed by atoms with E-state index in [0.29, 0.717) is 12.3 Å². The molecule has 0 unspecified atom stereocenters. The van der Waals surface area contributed by atoms with E-state index >= 15 is 0 Å². The summed E-state index contributed by atoms with van der Waals surface area (Å²) in [6.07, 6.45) is 3.03. The molecule has 1 aliphatic rings. The Kier molecular flexibility index (Phi) is 6.68. The van der Waals surface area contributed by atoms with Crippen LogP contribution in [-0.2, 0) is 9.53 Å². The summed E-state index contributed by atoms with van der Waals surface area (Å²) in [4.78, 5) is 12.1. The predicted octanol–water partition coefficient (Wildman–Crippen LogP) is 2.49. The molecule has 0 aliphatic carbocycles. The first-order valence-corrected chi connectivity index (χ1v) is 8.04. The third-order valence-corrected chi connectivity index (χ3v) is 3.61. The van der Waals surface area contributed by atoms with Crippen molar-refractivity contribution in [2.75, 3.05) is 31.6 Å². The van der Waals surface area contributed by atoms with Gasteiger partial charge in [-0.05, 0) is 57.0 Å². The molecule has 1 saturated heterocycles. The van der Waals surface area contributed by atoms with Crippen LogP contribution in [0.1, 0.15) is 31.7 Å². The highest BCUT2D eigenvalue weighted by Gasteiger charge is 2.15. The van der Waals surface area contributed by atoms with Gasteiger partial charge in [-0.1, -0.05) is 13.0 Å². The molecule has 1 aromatic carbocycles. The van der Waals surface area contributed by atoms with Gasteiger partial charge in [0.05, 0.1) is 18.4 Å². The number of hydrogen-bond donors (Lipinski definition) is 2. The van der Waals surface area contributed by atoms with E-state index in [1.54, 1.807) is 0 Å². The number of rotatable bonds is 7. The summed E-state index contributed by atoms with van der Waals surface area (Å²) < 4.78 is 11.4. The fraction of sp³-hybridized carbons (Fsp3) is 0.588. The molecule has 0 saturated carbocycles. The molecular weight excluding hydrogens is 280 g/mol. The van der Waals surface area contributed by atoms with Gasteiger partial charge in [0.2, 0.25) is 5.91 Å². The summed E-state index contributed by atoms with van der Waals surface area (Å²) in [5.74, 6) is 0.584. The van der Waals surface area contributed by atoms with E-state index in [-0.39, 0.29) is 18.6 Å². The zero-order chi connectivity index (χ0) is 15.8. The number of benzene rings is 1. The molecule has 5 heteroatoms. The first kappa shape index (κ1) is 16.8. The zero-order valence-electron chi connectivity index (χ0n) is 13.5. The molecule has 1 aromatic rings. The van der Waals surface area contributed by atoms with Crippen molar-refractivity contribution in [2.45, 2.75) is 39.2 Å². The number of carbonyl (C=O) groups excluding carboxylic acids is 1. The van der Waals surface area contributed by atoms with Crippen LogP contribution in [0, 0.1) is 6.92 Å². The minimum Gasteiger partial charge on any atom is -0.491 e. The highest BCUT2D eigenvalue weighted by molar-refractivity contribution is 5.93. The second kappa shape index (κ2) is 8.76. The van der Waals surface area contributed by atoms with Crippen molar-refractivity contribution in [1.82, 2.24) is 5.32 Å². The first-order chi connectivity index (χ1) is 10.7. The molecule has 22 heavy (non-hydrogen) atoms. The van der Waals surface area contributed by atoms with Crippen LogP contribution in [0.5, 0.6) is 5.75 Å². The topological polar surface area (TPSA) is 59.6 Å². The van der Waals surface area contributed by atoms with Gasteiger partial charge in [0.25, 0.3) is 0 Å². The summed E-state index contributed by atoms with van der Waals surface area (Å²) in [5, 5.41) is 6.16.